The van der Waals surface area contributed by atoms with Crippen molar-refractivity contribution < 1.29 is 4.42 Å². The fraction of sp³-hybridized carbons (Fsp3) is 0.188. The highest BCUT2D eigenvalue weighted by atomic mass is 79.9. The molecule has 0 saturated carbocycles. The summed E-state index contributed by atoms with van der Waals surface area (Å²) in [6.07, 6.45) is 3.53. The molecule has 0 atom stereocenters. The van der Waals surface area contributed by atoms with E-state index in [2.05, 4.69) is 44.7 Å². The molecule has 0 amide bonds. The lowest BCUT2D eigenvalue weighted by Crippen LogP contribution is -1.92. The van der Waals surface area contributed by atoms with E-state index in [9.17, 15) is 0 Å². The minimum absolute atomic E-state index is 0.406. The lowest BCUT2D eigenvalue weighted by atomic mass is 10.1. The summed E-state index contributed by atoms with van der Waals surface area (Å²) in [6, 6.07) is 9.65. The quantitative estimate of drug-likeness (QED) is 0.692. The third kappa shape index (κ3) is 2.88. The minimum atomic E-state index is 0.406. The second-order valence-electron chi connectivity index (χ2n) is 4.98. The van der Waals surface area contributed by atoms with Crippen molar-refractivity contribution in [3.8, 4) is 22.8 Å². The van der Waals surface area contributed by atoms with E-state index in [1.165, 1.54) is 0 Å². The monoisotopic (exact) mass is 343 g/mol. The van der Waals surface area contributed by atoms with Gasteiger partial charge in [0.1, 0.15) is 11.4 Å². The van der Waals surface area contributed by atoms with Crippen molar-refractivity contribution in [2.24, 2.45) is 0 Å². The van der Waals surface area contributed by atoms with E-state index in [0.717, 1.165) is 17.0 Å². The van der Waals surface area contributed by atoms with Crippen LogP contribution in [0.25, 0.3) is 22.8 Å². The second-order valence-corrected chi connectivity index (χ2v) is 5.70. The highest BCUT2D eigenvalue weighted by Crippen LogP contribution is 2.31. The van der Waals surface area contributed by atoms with Gasteiger partial charge in [0.15, 0.2) is 4.67 Å². The van der Waals surface area contributed by atoms with Crippen molar-refractivity contribution in [1.29, 1.82) is 0 Å². The van der Waals surface area contributed by atoms with Crippen LogP contribution in [0.3, 0.4) is 0 Å². The number of halogens is 1. The lowest BCUT2D eigenvalue weighted by molar-refractivity contribution is 0.548. The Bertz CT molecular complexity index is 736. The maximum Gasteiger partial charge on any atom is 0.246 e. The molecule has 0 aromatic carbocycles. The van der Waals surface area contributed by atoms with E-state index in [0.29, 0.717) is 22.2 Å². The number of oxazole rings is 1. The standard InChI is InChI=1S/C16H14BrN3O/c1-10(2)12-7-6-11(9-19-12)14-15(17)21-16(20-14)13-5-3-4-8-18-13/h3-10H,1-2H3. The Morgan fingerprint density at radius 2 is 1.95 bits per heavy atom. The molecule has 0 aliphatic carbocycles. The van der Waals surface area contributed by atoms with Crippen LogP contribution in [-0.2, 0) is 0 Å². The van der Waals surface area contributed by atoms with Crippen LogP contribution in [0.2, 0.25) is 0 Å². The first-order valence-corrected chi connectivity index (χ1v) is 7.48. The molecule has 3 rings (SSSR count). The van der Waals surface area contributed by atoms with Gasteiger partial charge in [-0.3, -0.25) is 9.97 Å². The molecular formula is C16H14BrN3O. The van der Waals surface area contributed by atoms with Gasteiger partial charge in [-0.25, -0.2) is 4.98 Å². The molecule has 0 unspecified atom stereocenters. The van der Waals surface area contributed by atoms with Crippen molar-refractivity contribution in [2.75, 3.05) is 0 Å². The van der Waals surface area contributed by atoms with Gasteiger partial charge in [0.25, 0.3) is 0 Å². The van der Waals surface area contributed by atoms with Crippen LogP contribution in [0.5, 0.6) is 0 Å². The topological polar surface area (TPSA) is 51.8 Å². The zero-order valence-electron chi connectivity index (χ0n) is 11.7. The maximum absolute atomic E-state index is 5.65. The molecule has 0 radical (unpaired) electrons. The highest BCUT2D eigenvalue weighted by molar-refractivity contribution is 9.10. The van der Waals surface area contributed by atoms with Crippen LogP contribution in [0, 0.1) is 0 Å². The molecule has 21 heavy (non-hydrogen) atoms. The summed E-state index contributed by atoms with van der Waals surface area (Å²) in [5.41, 5.74) is 3.41. The Morgan fingerprint density at radius 3 is 2.57 bits per heavy atom. The van der Waals surface area contributed by atoms with Gasteiger partial charge in [-0.15, -0.1) is 0 Å². The molecule has 3 aromatic rings. The molecule has 0 aliphatic heterocycles. The molecule has 0 N–H and O–H groups in total. The maximum atomic E-state index is 5.65. The number of hydrogen-bond acceptors (Lipinski definition) is 4. The van der Waals surface area contributed by atoms with Crippen LogP contribution in [0.1, 0.15) is 25.5 Å². The van der Waals surface area contributed by atoms with Gasteiger partial charge >= 0.3 is 0 Å². The van der Waals surface area contributed by atoms with E-state index >= 15 is 0 Å². The van der Waals surface area contributed by atoms with Crippen LogP contribution in [-0.4, -0.2) is 15.0 Å². The molecule has 4 nitrogen and oxygen atoms in total. The van der Waals surface area contributed by atoms with Crippen LogP contribution < -0.4 is 0 Å². The Morgan fingerprint density at radius 1 is 1.10 bits per heavy atom. The fourth-order valence-electron chi connectivity index (χ4n) is 1.97. The predicted molar refractivity (Wildman–Crippen MR) is 84.8 cm³/mol. The first-order chi connectivity index (χ1) is 10.1. The van der Waals surface area contributed by atoms with E-state index < -0.39 is 0 Å². The summed E-state index contributed by atoms with van der Waals surface area (Å²) in [7, 11) is 0. The Kier molecular flexibility index (Phi) is 3.84. The third-order valence-electron chi connectivity index (χ3n) is 3.12. The Hall–Kier alpha value is -2.01. The molecule has 5 heteroatoms. The summed E-state index contributed by atoms with van der Waals surface area (Å²) in [4.78, 5) is 13.2. The van der Waals surface area contributed by atoms with E-state index in [4.69, 9.17) is 4.42 Å². The summed E-state index contributed by atoms with van der Waals surface area (Å²) < 4.78 is 6.23. The number of pyridine rings is 2. The largest absolute Gasteiger partial charge is 0.427 e. The van der Waals surface area contributed by atoms with Gasteiger partial charge in [0.05, 0.1) is 0 Å². The first kappa shape index (κ1) is 13.9. The molecule has 3 aromatic heterocycles. The SMILES string of the molecule is CC(C)c1ccc(-c2nc(-c3ccccn3)oc2Br)cn1. The van der Waals surface area contributed by atoms with Crippen LogP contribution in [0.4, 0.5) is 0 Å². The van der Waals surface area contributed by atoms with Crippen molar-refractivity contribution in [3.05, 3.63) is 53.1 Å². The molecule has 0 bridgehead atoms. The highest BCUT2D eigenvalue weighted by Gasteiger charge is 2.15. The first-order valence-electron chi connectivity index (χ1n) is 6.69. The van der Waals surface area contributed by atoms with Crippen molar-refractivity contribution in [2.45, 2.75) is 19.8 Å². The number of hydrogen-bond donors (Lipinski definition) is 0. The molecule has 106 valence electrons. The Labute approximate surface area is 131 Å². The van der Waals surface area contributed by atoms with Gasteiger partial charge in [-0.05, 0) is 46.1 Å². The average molecular weight is 344 g/mol. The molecule has 0 spiro atoms. The zero-order valence-corrected chi connectivity index (χ0v) is 13.3. The summed E-state index contributed by atoms with van der Waals surface area (Å²) >= 11 is 3.41. The van der Waals surface area contributed by atoms with Gasteiger partial charge in [0, 0.05) is 23.7 Å². The van der Waals surface area contributed by atoms with Crippen molar-refractivity contribution in [1.82, 2.24) is 15.0 Å². The average Bonchev–Trinajstić information content (AvgIpc) is 2.90. The van der Waals surface area contributed by atoms with Gasteiger partial charge in [-0.2, -0.15) is 0 Å². The molecule has 3 heterocycles. The fourth-order valence-corrected chi connectivity index (χ4v) is 2.44. The zero-order chi connectivity index (χ0) is 14.8. The number of nitrogens with zero attached hydrogens (tertiary/aromatic N) is 3. The van der Waals surface area contributed by atoms with Crippen molar-refractivity contribution in [3.63, 3.8) is 0 Å². The second kappa shape index (κ2) is 5.77. The third-order valence-corrected chi connectivity index (χ3v) is 3.66. The van der Waals surface area contributed by atoms with E-state index in [1.807, 2.05) is 36.5 Å². The Balaban J connectivity index is 1.98. The van der Waals surface area contributed by atoms with Gasteiger partial charge in [0.2, 0.25) is 5.89 Å². The normalized spacial score (nSPS) is 11.0. The molecule has 0 fully saturated rings. The minimum Gasteiger partial charge on any atom is -0.427 e. The van der Waals surface area contributed by atoms with Gasteiger partial charge in [-0.1, -0.05) is 19.9 Å². The smallest absolute Gasteiger partial charge is 0.246 e. The summed E-state index contributed by atoms with van der Waals surface area (Å²) in [5, 5.41) is 0. The van der Waals surface area contributed by atoms with Crippen molar-refractivity contribution >= 4 is 15.9 Å². The number of aromatic nitrogens is 3. The van der Waals surface area contributed by atoms with Crippen LogP contribution in [0.15, 0.2) is 51.8 Å². The van der Waals surface area contributed by atoms with Crippen LogP contribution >= 0.6 is 15.9 Å². The van der Waals surface area contributed by atoms with Gasteiger partial charge < -0.3 is 4.42 Å². The summed E-state index contributed by atoms with van der Waals surface area (Å²) in [6.45, 7) is 4.24. The summed E-state index contributed by atoms with van der Waals surface area (Å²) in [5.74, 6) is 0.897. The molecular weight excluding hydrogens is 330 g/mol. The predicted octanol–water partition coefficient (Wildman–Crippen LogP) is 4.68. The molecule has 0 saturated heterocycles. The van der Waals surface area contributed by atoms with E-state index in [1.54, 1.807) is 6.20 Å². The molecule has 0 aliphatic rings. The lowest BCUT2D eigenvalue weighted by Gasteiger charge is -2.04. The van der Waals surface area contributed by atoms with E-state index in [-0.39, 0.29) is 0 Å². The number of rotatable bonds is 3.